The summed E-state index contributed by atoms with van der Waals surface area (Å²) in [5, 5.41) is 0. The van der Waals surface area contributed by atoms with Crippen LogP contribution in [0.1, 0.15) is 25.1 Å². The summed E-state index contributed by atoms with van der Waals surface area (Å²) in [5.74, 6) is 3.16. The molecule has 1 aromatic rings. The third-order valence-corrected chi connectivity index (χ3v) is 3.77. The second-order valence-corrected chi connectivity index (χ2v) is 5.24. The van der Waals surface area contributed by atoms with Gasteiger partial charge < -0.3 is 4.90 Å². The lowest BCUT2D eigenvalue weighted by molar-refractivity contribution is 0.494. The monoisotopic (exact) mass is 238 g/mol. The molecule has 2 rings (SSSR count). The van der Waals surface area contributed by atoms with E-state index in [-0.39, 0.29) is 0 Å². The van der Waals surface area contributed by atoms with Gasteiger partial charge in [-0.05, 0) is 36.5 Å². The van der Waals surface area contributed by atoms with E-state index in [0.717, 1.165) is 42.0 Å². The number of alkyl halides is 1. The van der Waals surface area contributed by atoms with Gasteiger partial charge in [0.05, 0.1) is 0 Å². The van der Waals surface area contributed by atoms with Gasteiger partial charge in [0, 0.05) is 24.7 Å². The summed E-state index contributed by atoms with van der Waals surface area (Å²) in [7, 11) is 0. The van der Waals surface area contributed by atoms with Gasteiger partial charge in [-0.3, -0.25) is 0 Å². The number of nitrogens with zero attached hydrogens (tertiary/aromatic N) is 2. The molecule has 2 atom stereocenters. The first-order valence-corrected chi connectivity index (χ1v) is 6.42. The van der Waals surface area contributed by atoms with Crippen LogP contribution in [0.5, 0.6) is 0 Å². The topological polar surface area (TPSA) is 16.1 Å². The average Bonchev–Trinajstić information content (AvgIpc) is 2.58. The maximum atomic E-state index is 5.89. The summed E-state index contributed by atoms with van der Waals surface area (Å²) in [6.45, 7) is 8.87. The van der Waals surface area contributed by atoms with Crippen LogP contribution in [0, 0.1) is 18.8 Å². The standard InChI is InChI=1S/C13H19ClN2/c1-9-7-16(8-10(9)2)13-5-12(6-14)4-11(3)15-13/h4-5,9-10H,6-8H2,1-3H3. The Balaban J connectivity index is 2.24. The van der Waals surface area contributed by atoms with Gasteiger partial charge in [0.15, 0.2) is 0 Å². The molecule has 2 nitrogen and oxygen atoms in total. The van der Waals surface area contributed by atoms with Gasteiger partial charge in [-0.15, -0.1) is 11.6 Å². The molecule has 1 aromatic heterocycles. The number of aryl methyl sites for hydroxylation is 1. The van der Waals surface area contributed by atoms with Gasteiger partial charge in [-0.25, -0.2) is 4.98 Å². The Kier molecular flexibility index (Phi) is 3.38. The molecule has 0 spiro atoms. The third kappa shape index (κ3) is 2.32. The molecule has 0 bridgehead atoms. The van der Waals surface area contributed by atoms with E-state index in [0.29, 0.717) is 5.88 Å². The molecule has 2 heterocycles. The number of rotatable bonds is 2. The van der Waals surface area contributed by atoms with E-state index in [1.165, 1.54) is 0 Å². The SMILES string of the molecule is Cc1cc(CCl)cc(N2CC(C)C(C)C2)n1. The number of pyridine rings is 1. The fourth-order valence-electron chi connectivity index (χ4n) is 2.28. The van der Waals surface area contributed by atoms with Crippen LogP contribution in [-0.4, -0.2) is 18.1 Å². The number of aromatic nitrogens is 1. The highest BCUT2D eigenvalue weighted by molar-refractivity contribution is 6.17. The Morgan fingerprint density at radius 1 is 1.31 bits per heavy atom. The maximum Gasteiger partial charge on any atom is 0.129 e. The lowest BCUT2D eigenvalue weighted by Crippen LogP contribution is -2.21. The van der Waals surface area contributed by atoms with Crippen molar-refractivity contribution in [3.05, 3.63) is 23.4 Å². The highest BCUT2D eigenvalue weighted by Gasteiger charge is 2.26. The van der Waals surface area contributed by atoms with Crippen molar-refractivity contribution < 1.29 is 0 Å². The van der Waals surface area contributed by atoms with Crippen LogP contribution in [0.2, 0.25) is 0 Å². The van der Waals surface area contributed by atoms with E-state index in [1.54, 1.807) is 0 Å². The van der Waals surface area contributed by atoms with Crippen LogP contribution in [0.4, 0.5) is 5.82 Å². The Morgan fingerprint density at radius 2 is 1.94 bits per heavy atom. The summed E-state index contributed by atoms with van der Waals surface area (Å²) in [5.41, 5.74) is 2.22. The molecule has 0 radical (unpaired) electrons. The van der Waals surface area contributed by atoms with Gasteiger partial charge in [0.2, 0.25) is 0 Å². The molecular weight excluding hydrogens is 220 g/mol. The number of anilines is 1. The van der Waals surface area contributed by atoms with E-state index >= 15 is 0 Å². The highest BCUT2D eigenvalue weighted by Crippen LogP contribution is 2.27. The fraction of sp³-hybridized carbons (Fsp3) is 0.615. The van der Waals surface area contributed by atoms with Gasteiger partial charge >= 0.3 is 0 Å². The molecule has 88 valence electrons. The Labute approximate surface area is 103 Å². The fourth-order valence-corrected chi connectivity index (χ4v) is 2.43. The van der Waals surface area contributed by atoms with Crippen molar-refractivity contribution in [2.75, 3.05) is 18.0 Å². The highest BCUT2D eigenvalue weighted by atomic mass is 35.5. The maximum absolute atomic E-state index is 5.89. The zero-order valence-corrected chi connectivity index (χ0v) is 11.0. The normalized spacial score (nSPS) is 25.1. The summed E-state index contributed by atoms with van der Waals surface area (Å²) in [4.78, 5) is 6.97. The lowest BCUT2D eigenvalue weighted by Gasteiger charge is -2.18. The van der Waals surface area contributed by atoms with Crippen LogP contribution < -0.4 is 4.90 Å². The first kappa shape index (κ1) is 11.7. The molecule has 2 unspecified atom stereocenters. The van der Waals surface area contributed by atoms with E-state index in [9.17, 15) is 0 Å². The van der Waals surface area contributed by atoms with E-state index in [1.807, 2.05) is 6.92 Å². The molecule has 0 amide bonds. The van der Waals surface area contributed by atoms with Crippen molar-refractivity contribution in [2.45, 2.75) is 26.7 Å². The van der Waals surface area contributed by atoms with E-state index in [4.69, 9.17) is 11.6 Å². The van der Waals surface area contributed by atoms with Crippen molar-refractivity contribution in [1.82, 2.24) is 4.98 Å². The molecule has 1 aliphatic rings. The van der Waals surface area contributed by atoms with E-state index in [2.05, 4.69) is 35.9 Å². The predicted octanol–water partition coefficient (Wildman–Crippen LogP) is 3.22. The molecule has 0 aliphatic carbocycles. The zero-order valence-electron chi connectivity index (χ0n) is 10.2. The minimum absolute atomic E-state index is 0.565. The summed E-state index contributed by atoms with van der Waals surface area (Å²) in [6.07, 6.45) is 0. The summed E-state index contributed by atoms with van der Waals surface area (Å²) < 4.78 is 0. The molecule has 1 saturated heterocycles. The Morgan fingerprint density at radius 3 is 2.50 bits per heavy atom. The van der Waals surface area contributed by atoms with Crippen molar-refractivity contribution in [1.29, 1.82) is 0 Å². The van der Waals surface area contributed by atoms with Crippen molar-refractivity contribution in [2.24, 2.45) is 11.8 Å². The molecule has 16 heavy (non-hydrogen) atoms. The second kappa shape index (κ2) is 4.62. The molecular formula is C13H19ClN2. The van der Waals surface area contributed by atoms with Crippen LogP contribution in [0.3, 0.4) is 0 Å². The zero-order chi connectivity index (χ0) is 11.7. The molecule has 3 heteroatoms. The number of hydrogen-bond donors (Lipinski definition) is 0. The molecule has 0 N–H and O–H groups in total. The van der Waals surface area contributed by atoms with E-state index < -0.39 is 0 Å². The largest absolute Gasteiger partial charge is 0.356 e. The number of hydrogen-bond acceptors (Lipinski definition) is 2. The first-order chi connectivity index (χ1) is 7.60. The lowest BCUT2D eigenvalue weighted by atomic mass is 10.0. The molecule has 1 aliphatic heterocycles. The second-order valence-electron chi connectivity index (χ2n) is 4.97. The minimum atomic E-state index is 0.565. The predicted molar refractivity (Wildman–Crippen MR) is 69.1 cm³/mol. The van der Waals surface area contributed by atoms with Crippen LogP contribution in [0.25, 0.3) is 0 Å². The molecule has 0 saturated carbocycles. The Bertz CT molecular complexity index is 368. The van der Waals surface area contributed by atoms with Crippen LogP contribution in [0.15, 0.2) is 12.1 Å². The van der Waals surface area contributed by atoms with Gasteiger partial charge in [0.1, 0.15) is 5.82 Å². The van der Waals surface area contributed by atoms with Crippen molar-refractivity contribution >= 4 is 17.4 Å². The van der Waals surface area contributed by atoms with Gasteiger partial charge in [-0.2, -0.15) is 0 Å². The van der Waals surface area contributed by atoms with Crippen molar-refractivity contribution in [3.8, 4) is 0 Å². The molecule has 1 fully saturated rings. The van der Waals surface area contributed by atoms with Crippen molar-refractivity contribution in [3.63, 3.8) is 0 Å². The smallest absolute Gasteiger partial charge is 0.129 e. The molecule has 0 aromatic carbocycles. The summed E-state index contributed by atoms with van der Waals surface area (Å²) in [6, 6.07) is 4.17. The van der Waals surface area contributed by atoms with Gasteiger partial charge in [-0.1, -0.05) is 13.8 Å². The third-order valence-electron chi connectivity index (χ3n) is 3.47. The van der Waals surface area contributed by atoms with Crippen LogP contribution in [-0.2, 0) is 5.88 Å². The Hall–Kier alpha value is -0.760. The van der Waals surface area contributed by atoms with Crippen LogP contribution >= 0.6 is 11.6 Å². The minimum Gasteiger partial charge on any atom is -0.356 e. The quantitative estimate of drug-likeness (QED) is 0.736. The first-order valence-electron chi connectivity index (χ1n) is 5.88. The summed E-state index contributed by atoms with van der Waals surface area (Å²) >= 11 is 5.89. The number of halogens is 1. The average molecular weight is 239 g/mol. The van der Waals surface area contributed by atoms with Gasteiger partial charge in [0.25, 0.3) is 0 Å².